The molecular formula is C10H7BrClN3O3S. The summed E-state index contributed by atoms with van der Waals surface area (Å²) < 4.78 is 32.1. The molecule has 2 rings (SSSR count). The molecule has 0 fully saturated rings. The zero-order chi connectivity index (χ0) is 14.0. The Balaban J connectivity index is 2.47. The number of anilines is 2. The fraction of sp³-hybridized carbons (Fsp3) is 0. The number of nitrogens with zero attached hydrogens (tertiary/aromatic N) is 2. The van der Waals surface area contributed by atoms with Crippen molar-refractivity contribution in [2.75, 3.05) is 5.32 Å². The first kappa shape index (κ1) is 14.2. The van der Waals surface area contributed by atoms with Gasteiger partial charge in [0.15, 0.2) is 0 Å². The van der Waals surface area contributed by atoms with Gasteiger partial charge in [0.05, 0.1) is 10.2 Å². The van der Waals surface area contributed by atoms with Crippen LogP contribution >= 0.6 is 27.5 Å². The number of hydrogen-bond donors (Lipinski definition) is 2. The second-order valence-electron chi connectivity index (χ2n) is 3.43. The van der Waals surface area contributed by atoms with Crippen LogP contribution in [0.25, 0.3) is 0 Å². The highest BCUT2D eigenvalue weighted by Gasteiger charge is 2.16. The van der Waals surface area contributed by atoms with Crippen molar-refractivity contribution in [1.29, 1.82) is 0 Å². The predicted octanol–water partition coefficient (Wildman–Crippen LogP) is 2.88. The standard InChI is InChI=1S/C10H7BrClN3O3S/c11-6-5-13-10(12)15-9(6)14-7-3-1-2-4-8(7)19(16,17)18/h1-5H,(H,13,14,15)(H,16,17,18). The van der Waals surface area contributed by atoms with Crippen LogP contribution in [0.4, 0.5) is 11.5 Å². The van der Waals surface area contributed by atoms with Crippen molar-refractivity contribution in [1.82, 2.24) is 9.97 Å². The molecule has 1 heterocycles. The molecule has 9 heteroatoms. The van der Waals surface area contributed by atoms with Crippen molar-refractivity contribution < 1.29 is 13.0 Å². The average Bonchev–Trinajstić information content (AvgIpc) is 2.33. The van der Waals surface area contributed by atoms with Gasteiger partial charge in [-0.05, 0) is 39.7 Å². The van der Waals surface area contributed by atoms with Gasteiger partial charge in [0, 0.05) is 6.20 Å². The van der Waals surface area contributed by atoms with E-state index < -0.39 is 10.1 Å². The quantitative estimate of drug-likeness (QED) is 0.642. The number of halogens is 2. The van der Waals surface area contributed by atoms with E-state index in [2.05, 4.69) is 31.2 Å². The van der Waals surface area contributed by atoms with Gasteiger partial charge < -0.3 is 5.32 Å². The number of hydrogen-bond acceptors (Lipinski definition) is 5. The van der Waals surface area contributed by atoms with E-state index in [1.165, 1.54) is 24.4 Å². The van der Waals surface area contributed by atoms with Gasteiger partial charge in [-0.1, -0.05) is 12.1 Å². The molecule has 0 atom stereocenters. The smallest absolute Gasteiger partial charge is 0.296 e. The summed E-state index contributed by atoms with van der Waals surface area (Å²) in [6.45, 7) is 0. The van der Waals surface area contributed by atoms with Gasteiger partial charge in [-0.15, -0.1) is 0 Å². The Morgan fingerprint density at radius 3 is 2.68 bits per heavy atom. The lowest BCUT2D eigenvalue weighted by atomic mass is 10.3. The van der Waals surface area contributed by atoms with Crippen molar-refractivity contribution in [3.8, 4) is 0 Å². The predicted molar refractivity (Wildman–Crippen MR) is 74.3 cm³/mol. The first-order chi connectivity index (χ1) is 8.88. The minimum atomic E-state index is -4.33. The van der Waals surface area contributed by atoms with E-state index in [1.54, 1.807) is 6.07 Å². The number of para-hydroxylation sites is 1. The van der Waals surface area contributed by atoms with E-state index in [4.69, 9.17) is 16.2 Å². The first-order valence-electron chi connectivity index (χ1n) is 4.89. The molecule has 0 aliphatic rings. The van der Waals surface area contributed by atoms with E-state index in [0.717, 1.165) is 0 Å². The summed E-state index contributed by atoms with van der Waals surface area (Å²) in [4.78, 5) is 7.41. The van der Waals surface area contributed by atoms with Crippen LogP contribution in [0.15, 0.2) is 39.8 Å². The summed E-state index contributed by atoms with van der Waals surface area (Å²) in [5.41, 5.74) is 0.181. The largest absolute Gasteiger partial charge is 0.338 e. The Kier molecular flexibility index (Phi) is 4.04. The Hall–Kier alpha value is -1.22. The molecule has 0 amide bonds. The second kappa shape index (κ2) is 5.41. The van der Waals surface area contributed by atoms with Crippen LogP contribution in [0.1, 0.15) is 0 Å². The highest BCUT2D eigenvalue weighted by Crippen LogP contribution is 2.28. The van der Waals surface area contributed by atoms with Gasteiger partial charge >= 0.3 is 0 Å². The van der Waals surface area contributed by atoms with Crippen LogP contribution in [-0.2, 0) is 10.1 Å². The van der Waals surface area contributed by atoms with Crippen molar-refractivity contribution in [2.24, 2.45) is 0 Å². The minimum absolute atomic E-state index is 0.00929. The maximum absolute atomic E-state index is 11.2. The Morgan fingerprint density at radius 1 is 1.32 bits per heavy atom. The molecule has 1 aromatic heterocycles. The van der Waals surface area contributed by atoms with E-state index in [-0.39, 0.29) is 21.7 Å². The fourth-order valence-electron chi connectivity index (χ4n) is 1.36. The monoisotopic (exact) mass is 363 g/mol. The molecule has 0 spiro atoms. The van der Waals surface area contributed by atoms with Crippen molar-refractivity contribution in [3.63, 3.8) is 0 Å². The van der Waals surface area contributed by atoms with Crippen molar-refractivity contribution >= 4 is 49.2 Å². The van der Waals surface area contributed by atoms with Crippen LogP contribution in [0.3, 0.4) is 0 Å². The van der Waals surface area contributed by atoms with Gasteiger partial charge in [0.1, 0.15) is 10.7 Å². The maximum atomic E-state index is 11.2. The molecule has 0 saturated carbocycles. The zero-order valence-corrected chi connectivity index (χ0v) is 12.4. The zero-order valence-electron chi connectivity index (χ0n) is 9.21. The van der Waals surface area contributed by atoms with E-state index in [1.807, 2.05) is 0 Å². The molecule has 19 heavy (non-hydrogen) atoms. The molecular weight excluding hydrogens is 358 g/mol. The van der Waals surface area contributed by atoms with Gasteiger partial charge in [-0.3, -0.25) is 4.55 Å². The molecule has 6 nitrogen and oxygen atoms in total. The molecule has 0 saturated heterocycles. The molecule has 0 aliphatic carbocycles. The van der Waals surface area contributed by atoms with Gasteiger partial charge in [0.25, 0.3) is 10.1 Å². The number of rotatable bonds is 3. The summed E-state index contributed by atoms with van der Waals surface area (Å²) >= 11 is 8.87. The molecule has 0 radical (unpaired) electrons. The normalized spacial score (nSPS) is 11.3. The summed E-state index contributed by atoms with van der Waals surface area (Å²) in [7, 11) is -4.33. The lowest BCUT2D eigenvalue weighted by molar-refractivity contribution is 0.483. The van der Waals surface area contributed by atoms with Crippen LogP contribution in [0.5, 0.6) is 0 Å². The molecule has 2 aromatic rings. The summed E-state index contributed by atoms with van der Waals surface area (Å²) in [6, 6.07) is 5.88. The molecule has 0 bridgehead atoms. The Morgan fingerprint density at radius 2 is 2.00 bits per heavy atom. The fourth-order valence-corrected chi connectivity index (χ4v) is 2.43. The number of aromatic nitrogens is 2. The van der Waals surface area contributed by atoms with Gasteiger partial charge in [0.2, 0.25) is 5.28 Å². The molecule has 1 aromatic carbocycles. The third-order valence-corrected chi connectivity index (χ3v) is 3.81. The SMILES string of the molecule is O=S(=O)(O)c1ccccc1Nc1nc(Cl)ncc1Br. The molecule has 2 N–H and O–H groups in total. The van der Waals surface area contributed by atoms with Crippen LogP contribution in [0, 0.1) is 0 Å². The van der Waals surface area contributed by atoms with E-state index >= 15 is 0 Å². The third-order valence-electron chi connectivity index (χ3n) is 2.13. The molecule has 0 aliphatic heterocycles. The topological polar surface area (TPSA) is 92.2 Å². The van der Waals surface area contributed by atoms with Crippen LogP contribution in [0.2, 0.25) is 5.28 Å². The van der Waals surface area contributed by atoms with E-state index in [0.29, 0.717) is 4.47 Å². The lowest BCUT2D eigenvalue weighted by Crippen LogP contribution is -2.04. The van der Waals surface area contributed by atoms with Crippen LogP contribution < -0.4 is 5.32 Å². The average molecular weight is 365 g/mol. The number of benzene rings is 1. The second-order valence-corrected chi connectivity index (χ2v) is 6.01. The highest BCUT2D eigenvalue weighted by atomic mass is 79.9. The maximum Gasteiger partial charge on any atom is 0.296 e. The first-order valence-corrected chi connectivity index (χ1v) is 7.50. The van der Waals surface area contributed by atoms with E-state index in [9.17, 15) is 8.42 Å². The van der Waals surface area contributed by atoms with Gasteiger partial charge in [-0.25, -0.2) is 4.98 Å². The highest BCUT2D eigenvalue weighted by molar-refractivity contribution is 9.10. The Bertz CT molecular complexity index is 724. The third kappa shape index (κ3) is 3.41. The lowest BCUT2D eigenvalue weighted by Gasteiger charge is -2.10. The Labute approximate surface area is 122 Å². The molecule has 100 valence electrons. The van der Waals surface area contributed by atoms with Crippen LogP contribution in [-0.4, -0.2) is 22.9 Å². The summed E-state index contributed by atoms with van der Waals surface area (Å²) in [5, 5.41) is 2.78. The number of nitrogens with one attached hydrogen (secondary N) is 1. The summed E-state index contributed by atoms with van der Waals surface area (Å²) in [5.74, 6) is 0.288. The van der Waals surface area contributed by atoms with Gasteiger partial charge in [-0.2, -0.15) is 13.4 Å². The molecule has 0 unspecified atom stereocenters. The summed E-state index contributed by atoms with van der Waals surface area (Å²) in [6.07, 6.45) is 1.42. The minimum Gasteiger partial charge on any atom is -0.338 e. The van der Waals surface area contributed by atoms with Crippen molar-refractivity contribution in [3.05, 3.63) is 40.2 Å². The van der Waals surface area contributed by atoms with Crippen molar-refractivity contribution in [2.45, 2.75) is 4.90 Å².